The Morgan fingerprint density at radius 3 is 2.38 bits per heavy atom. The summed E-state index contributed by atoms with van der Waals surface area (Å²) in [5.74, 6) is 0. The molecule has 0 aliphatic heterocycles. The molecule has 2 N–H and O–H groups in total. The normalized spacial score (nSPS) is 16.0. The fourth-order valence-corrected chi connectivity index (χ4v) is 3.65. The lowest BCUT2D eigenvalue weighted by Crippen LogP contribution is -2.33. The van der Waals surface area contributed by atoms with Gasteiger partial charge in [0.1, 0.15) is 4.99 Å². The second kappa shape index (κ2) is 6.02. The van der Waals surface area contributed by atoms with Crippen LogP contribution in [0.25, 0.3) is 10.8 Å². The maximum absolute atomic E-state index is 5.87. The molecule has 110 valence electrons. The van der Waals surface area contributed by atoms with Gasteiger partial charge in [0, 0.05) is 29.7 Å². The number of rotatable bonds is 3. The van der Waals surface area contributed by atoms with Gasteiger partial charge in [-0.3, -0.25) is 0 Å². The summed E-state index contributed by atoms with van der Waals surface area (Å²) < 4.78 is 0. The molecular formula is C18H22N2S. The summed E-state index contributed by atoms with van der Waals surface area (Å²) in [7, 11) is 2.22. The van der Waals surface area contributed by atoms with E-state index in [4.69, 9.17) is 18.0 Å². The first-order chi connectivity index (χ1) is 10.2. The summed E-state index contributed by atoms with van der Waals surface area (Å²) in [5, 5.41) is 2.40. The average molecular weight is 298 g/mol. The quantitative estimate of drug-likeness (QED) is 0.859. The molecule has 0 saturated heterocycles. The van der Waals surface area contributed by atoms with Crippen molar-refractivity contribution in [2.75, 3.05) is 11.9 Å². The standard InChI is InChI=1S/C18H22N2S/c1-20(13-7-3-2-4-8-13)17-12-11-16(18(19)21)14-9-5-6-10-15(14)17/h5-6,9-13H,2-4,7-8H2,1H3,(H2,19,21). The van der Waals surface area contributed by atoms with Gasteiger partial charge in [-0.2, -0.15) is 0 Å². The third-order valence-electron chi connectivity index (χ3n) is 4.67. The van der Waals surface area contributed by atoms with Crippen LogP contribution in [0.3, 0.4) is 0 Å². The second-order valence-electron chi connectivity index (χ2n) is 5.94. The van der Waals surface area contributed by atoms with E-state index in [9.17, 15) is 0 Å². The summed E-state index contributed by atoms with van der Waals surface area (Å²) in [6, 6.07) is 13.3. The Morgan fingerprint density at radius 2 is 1.71 bits per heavy atom. The van der Waals surface area contributed by atoms with E-state index in [0.717, 1.165) is 10.9 Å². The van der Waals surface area contributed by atoms with E-state index in [1.54, 1.807) is 0 Å². The molecule has 2 nitrogen and oxygen atoms in total. The van der Waals surface area contributed by atoms with Gasteiger partial charge in [-0.1, -0.05) is 55.7 Å². The van der Waals surface area contributed by atoms with E-state index < -0.39 is 0 Å². The summed E-state index contributed by atoms with van der Waals surface area (Å²) >= 11 is 5.19. The van der Waals surface area contributed by atoms with Crippen molar-refractivity contribution >= 4 is 33.7 Å². The maximum atomic E-state index is 5.87. The number of benzene rings is 2. The zero-order valence-electron chi connectivity index (χ0n) is 12.5. The van der Waals surface area contributed by atoms with E-state index in [2.05, 4.69) is 48.3 Å². The Kier molecular flexibility index (Phi) is 4.11. The Bertz CT molecular complexity index is 659. The predicted octanol–water partition coefficient (Wildman–Crippen LogP) is 4.24. The van der Waals surface area contributed by atoms with Gasteiger partial charge < -0.3 is 10.6 Å². The van der Waals surface area contributed by atoms with Crippen LogP contribution in [0.2, 0.25) is 0 Å². The molecule has 21 heavy (non-hydrogen) atoms. The van der Waals surface area contributed by atoms with Gasteiger partial charge in [-0.05, 0) is 30.4 Å². The van der Waals surface area contributed by atoms with E-state index in [1.165, 1.54) is 43.2 Å². The smallest absolute Gasteiger partial charge is 0.104 e. The van der Waals surface area contributed by atoms with Crippen molar-refractivity contribution in [3.8, 4) is 0 Å². The first kappa shape index (κ1) is 14.3. The summed E-state index contributed by atoms with van der Waals surface area (Å²) in [5.41, 5.74) is 8.13. The van der Waals surface area contributed by atoms with E-state index in [-0.39, 0.29) is 0 Å². The first-order valence-corrected chi connectivity index (χ1v) is 8.13. The summed E-state index contributed by atoms with van der Waals surface area (Å²) in [6.07, 6.45) is 6.66. The van der Waals surface area contributed by atoms with Crippen LogP contribution < -0.4 is 10.6 Å². The highest BCUT2D eigenvalue weighted by Gasteiger charge is 2.20. The number of nitrogens with two attached hydrogens (primary N) is 1. The zero-order chi connectivity index (χ0) is 14.8. The van der Waals surface area contributed by atoms with Crippen LogP contribution >= 0.6 is 12.2 Å². The highest BCUT2D eigenvalue weighted by atomic mass is 32.1. The molecule has 0 spiro atoms. The molecule has 1 aliphatic rings. The molecule has 0 atom stereocenters. The van der Waals surface area contributed by atoms with Gasteiger partial charge in [-0.15, -0.1) is 0 Å². The lowest BCUT2D eigenvalue weighted by Gasteiger charge is -2.34. The number of fused-ring (bicyclic) bond motifs is 1. The highest BCUT2D eigenvalue weighted by molar-refractivity contribution is 7.80. The Balaban J connectivity index is 2.06. The van der Waals surface area contributed by atoms with Crippen LogP contribution in [0.4, 0.5) is 5.69 Å². The van der Waals surface area contributed by atoms with Crippen LogP contribution in [0.1, 0.15) is 37.7 Å². The van der Waals surface area contributed by atoms with Crippen molar-refractivity contribution in [2.45, 2.75) is 38.1 Å². The number of hydrogen-bond acceptors (Lipinski definition) is 2. The molecule has 0 amide bonds. The molecule has 0 bridgehead atoms. The van der Waals surface area contributed by atoms with Crippen molar-refractivity contribution in [2.24, 2.45) is 5.73 Å². The van der Waals surface area contributed by atoms with Crippen LogP contribution in [-0.4, -0.2) is 18.1 Å². The monoisotopic (exact) mass is 298 g/mol. The third kappa shape index (κ3) is 2.75. The summed E-state index contributed by atoms with van der Waals surface area (Å²) in [4.78, 5) is 2.92. The Morgan fingerprint density at radius 1 is 1.05 bits per heavy atom. The van der Waals surface area contributed by atoms with Gasteiger partial charge in [0.25, 0.3) is 0 Å². The zero-order valence-corrected chi connectivity index (χ0v) is 13.3. The third-order valence-corrected chi connectivity index (χ3v) is 4.89. The average Bonchev–Trinajstić information content (AvgIpc) is 2.54. The van der Waals surface area contributed by atoms with Crippen LogP contribution in [0, 0.1) is 0 Å². The van der Waals surface area contributed by atoms with E-state index >= 15 is 0 Å². The minimum Gasteiger partial charge on any atom is -0.389 e. The molecule has 1 fully saturated rings. The lowest BCUT2D eigenvalue weighted by molar-refractivity contribution is 0.428. The number of hydrogen-bond donors (Lipinski definition) is 1. The van der Waals surface area contributed by atoms with Gasteiger partial charge in [0.15, 0.2) is 0 Å². The topological polar surface area (TPSA) is 29.3 Å². The largest absolute Gasteiger partial charge is 0.389 e. The van der Waals surface area contributed by atoms with Gasteiger partial charge in [0.05, 0.1) is 0 Å². The second-order valence-corrected chi connectivity index (χ2v) is 6.38. The molecule has 3 rings (SSSR count). The number of nitrogens with zero attached hydrogens (tertiary/aromatic N) is 1. The molecule has 0 heterocycles. The molecule has 1 aliphatic carbocycles. The van der Waals surface area contributed by atoms with Crippen molar-refractivity contribution in [1.29, 1.82) is 0 Å². The Hall–Kier alpha value is -1.61. The fourth-order valence-electron chi connectivity index (χ4n) is 3.47. The number of anilines is 1. The maximum Gasteiger partial charge on any atom is 0.104 e. The van der Waals surface area contributed by atoms with Crippen molar-refractivity contribution < 1.29 is 0 Å². The minimum absolute atomic E-state index is 0.470. The van der Waals surface area contributed by atoms with Gasteiger partial charge in [-0.25, -0.2) is 0 Å². The molecule has 2 aromatic carbocycles. The summed E-state index contributed by atoms with van der Waals surface area (Å²) in [6.45, 7) is 0. The van der Waals surface area contributed by atoms with E-state index in [1.807, 2.05) is 0 Å². The molecule has 1 saturated carbocycles. The molecule has 0 radical (unpaired) electrons. The first-order valence-electron chi connectivity index (χ1n) is 7.73. The van der Waals surface area contributed by atoms with Crippen LogP contribution in [-0.2, 0) is 0 Å². The molecule has 2 aromatic rings. The van der Waals surface area contributed by atoms with Crippen molar-refractivity contribution in [3.05, 3.63) is 42.0 Å². The highest BCUT2D eigenvalue weighted by Crippen LogP contribution is 2.33. The van der Waals surface area contributed by atoms with Crippen LogP contribution in [0.5, 0.6) is 0 Å². The van der Waals surface area contributed by atoms with Gasteiger partial charge in [0.2, 0.25) is 0 Å². The molecular weight excluding hydrogens is 276 g/mol. The van der Waals surface area contributed by atoms with Gasteiger partial charge >= 0.3 is 0 Å². The van der Waals surface area contributed by atoms with Crippen molar-refractivity contribution in [3.63, 3.8) is 0 Å². The Labute approximate surface area is 131 Å². The molecule has 3 heteroatoms. The SMILES string of the molecule is CN(c1ccc(C(N)=S)c2ccccc12)C1CCCCC1. The fraction of sp³-hybridized carbons (Fsp3) is 0.389. The van der Waals surface area contributed by atoms with E-state index in [0.29, 0.717) is 11.0 Å². The molecule has 0 unspecified atom stereocenters. The molecule has 0 aromatic heterocycles. The lowest BCUT2D eigenvalue weighted by atomic mass is 9.93. The minimum atomic E-state index is 0.470. The number of thiocarbonyl (C=S) groups is 1. The van der Waals surface area contributed by atoms with Crippen LogP contribution in [0.15, 0.2) is 36.4 Å². The predicted molar refractivity (Wildman–Crippen MR) is 95.1 cm³/mol. The van der Waals surface area contributed by atoms with Crippen molar-refractivity contribution in [1.82, 2.24) is 0 Å².